The summed E-state index contributed by atoms with van der Waals surface area (Å²) in [6, 6.07) is 0. The van der Waals surface area contributed by atoms with E-state index in [9.17, 15) is 0 Å². The van der Waals surface area contributed by atoms with Crippen molar-refractivity contribution in [1.82, 2.24) is 14.7 Å². The van der Waals surface area contributed by atoms with E-state index in [2.05, 4.69) is 40.0 Å². The van der Waals surface area contributed by atoms with Gasteiger partial charge < -0.3 is 4.90 Å². The highest BCUT2D eigenvalue weighted by Crippen LogP contribution is 2.32. The summed E-state index contributed by atoms with van der Waals surface area (Å²) in [5, 5.41) is 4.34. The van der Waals surface area contributed by atoms with Crippen molar-refractivity contribution in [3.8, 4) is 0 Å². The molecule has 0 saturated carbocycles. The zero-order valence-corrected chi connectivity index (χ0v) is 11.3. The van der Waals surface area contributed by atoms with Gasteiger partial charge in [0, 0.05) is 25.8 Å². The summed E-state index contributed by atoms with van der Waals surface area (Å²) in [5.74, 6) is 1.86. The van der Waals surface area contributed by atoms with Crippen LogP contribution in [0.2, 0.25) is 0 Å². The van der Waals surface area contributed by atoms with Crippen molar-refractivity contribution in [3.63, 3.8) is 0 Å². The molecule has 0 unspecified atom stereocenters. The summed E-state index contributed by atoms with van der Waals surface area (Å²) in [4.78, 5) is 2.65. The van der Waals surface area contributed by atoms with Gasteiger partial charge in [-0.05, 0) is 50.1 Å². The van der Waals surface area contributed by atoms with Crippen LogP contribution < -0.4 is 0 Å². The van der Waals surface area contributed by atoms with Crippen LogP contribution in [0.1, 0.15) is 24.8 Å². The molecule has 0 spiro atoms. The van der Waals surface area contributed by atoms with Gasteiger partial charge in [-0.3, -0.25) is 4.68 Å². The third-order valence-electron chi connectivity index (χ3n) is 4.32. The van der Waals surface area contributed by atoms with Crippen molar-refractivity contribution in [2.45, 2.75) is 32.7 Å². The monoisotopic (exact) mass is 245 g/mol. The van der Waals surface area contributed by atoms with Gasteiger partial charge in [-0.15, -0.1) is 0 Å². The van der Waals surface area contributed by atoms with Crippen molar-refractivity contribution in [3.05, 3.63) is 30.1 Å². The van der Waals surface area contributed by atoms with Crippen molar-refractivity contribution >= 4 is 0 Å². The number of aryl methyl sites for hydroxylation is 2. The summed E-state index contributed by atoms with van der Waals surface area (Å²) in [6.45, 7) is 7.01. The van der Waals surface area contributed by atoms with E-state index < -0.39 is 0 Å². The van der Waals surface area contributed by atoms with Gasteiger partial charge in [0.25, 0.3) is 0 Å². The average Bonchev–Trinajstić information content (AvgIpc) is 2.95. The topological polar surface area (TPSA) is 21.1 Å². The van der Waals surface area contributed by atoms with Gasteiger partial charge in [0.05, 0.1) is 6.20 Å². The molecule has 0 bridgehead atoms. The first-order valence-corrected chi connectivity index (χ1v) is 7.17. The standard InChI is InChI=1S/C15H23N3/c1-13-9-16-18(10-13)8-4-7-17-11-14-5-2-3-6-15(14)12-17/h2-3,9-10,14-15H,4-8,11-12H2,1H3/t14-,15+. The summed E-state index contributed by atoms with van der Waals surface area (Å²) < 4.78 is 2.07. The number of hydrogen-bond acceptors (Lipinski definition) is 2. The fourth-order valence-electron chi connectivity index (χ4n) is 3.34. The molecule has 1 aliphatic heterocycles. The molecule has 18 heavy (non-hydrogen) atoms. The van der Waals surface area contributed by atoms with Gasteiger partial charge in [0.1, 0.15) is 0 Å². The van der Waals surface area contributed by atoms with Gasteiger partial charge in [0.15, 0.2) is 0 Å². The minimum absolute atomic E-state index is 0.932. The van der Waals surface area contributed by atoms with Crippen molar-refractivity contribution in [2.24, 2.45) is 11.8 Å². The lowest BCUT2D eigenvalue weighted by molar-refractivity contribution is 0.307. The highest BCUT2D eigenvalue weighted by atomic mass is 15.3. The normalized spacial score (nSPS) is 27.6. The van der Waals surface area contributed by atoms with Gasteiger partial charge in [-0.1, -0.05) is 12.2 Å². The second-order valence-corrected chi connectivity index (χ2v) is 5.86. The number of rotatable bonds is 4. The molecule has 2 aliphatic rings. The number of allylic oxidation sites excluding steroid dienone is 2. The van der Waals surface area contributed by atoms with E-state index in [1.807, 2.05) is 6.20 Å². The minimum Gasteiger partial charge on any atom is -0.303 e. The van der Waals surface area contributed by atoms with E-state index in [-0.39, 0.29) is 0 Å². The Kier molecular flexibility index (Phi) is 3.50. The number of likely N-dealkylation sites (tertiary alicyclic amines) is 1. The maximum atomic E-state index is 4.34. The highest BCUT2D eigenvalue weighted by molar-refractivity contribution is 5.00. The van der Waals surface area contributed by atoms with Gasteiger partial charge in [-0.25, -0.2) is 0 Å². The van der Waals surface area contributed by atoms with Crippen LogP contribution in [0.15, 0.2) is 24.5 Å². The van der Waals surface area contributed by atoms with Crippen molar-refractivity contribution < 1.29 is 0 Å². The Morgan fingerprint density at radius 1 is 1.17 bits per heavy atom. The lowest BCUT2D eigenvalue weighted by atomic mass is 9.86. The van der Waals surface area contributed by atoms with Gasteiger partial charge >= 0.3 is 0 Å². The lowest BCUT2D eigenvalue weighted by Gasteiger charge is -2.18. The largest absolute Gasteiger partial charge is 0.303 e. The molecule has 0 radical (unpaired) electrons. The molecule has 1 aromatic heterocycles. The van der Waals surface area contributed by atoms with Crippen LogP contribution in [-0.2, 0) is 6.54 Å². The molecule has 3 rings (SSSR count). The molecule has 3 heteroatoms. The predicted molar refractivity (Wildman–Crippen MR) is 73.4 cm³/mol. The summed E-state index contributed by atoms with van der Waals surface area (Å²) in [6.07, 6.45) is 12.6. The van der Waals surface area contributed by atoms with Crippen LogP contribution in [0.4, 0.5) is 0 Å². The Hall–Kier alpha value is -1.09. The summed E-state index contributed by atoms with van der Waals surface area (Å²) >= 11 is 0. The van der Waals surface area contributed by atoms with Gasteiger partial charge in [-0.2, -0.15) is 5.10 Å². The van der Waals surface area contributed by atoms with E-state index in [1.54, 1.807) is 0 Å². The lowest BCUT2D eigenvalue weighted by Crippen LogP contribution is -2.23. The van der Waals surface area contributed by atoms with Crippen LogP contribution in [0.3, 0.4) is 0 Å². The predicted octanol–water partition coefficient (Wildman–Crippen LogP) is 2.48. The molecule has 2 heterocycles. The fraction of sp³-hybridized carbons (Fsp3) is 0.667. The second-order valence-electron chi connectivity index (χ2n) is 5.86. The molecule has 0 aromatic carbocycles. The number of fused-ring (bicyclic) bond motifs is 1. The fourth-order valence-corrected chi connectivity index (χ4v) is 3.34. The first-order chi connectivity index (χ1) is 8.81. The number of aromatic nitrogens is 2. The molecule has 1 saturated heterocycles. The Labute approximate surface area is 109 Å². The minimum atomic E-state index is 0.932. The first kappa shape index (κ1) is 12.0. The maximum absolute atomic E-state index is 4.34. The number of hydrogen-bond donors (Lipinski definition) is 0. The molecule has 1 aromatic rings. The van der Waals surface area contributed by atoms with Crippen molar-refractivity contribution in [2.75, 3.05) is 19.6 Å². The van der Waals surface area contributed by atoms with E-state index in [1.165, 1.54) is 44.5 Å². The first-order valence-electron chi connectivity index (χ1n) is 7.17. The number of nitrogens with zero attached hydrogens (tertiary/aromatic N) is 3. The Morgan fingerprint density at radius 3 is 2.50 bits per heavy atom. The third-order valence-corrected chi connectivity index (χ3v) is 4.32. The zero-order chi connectivity index (χ0) is 12.4. The van der Waals surface area contributed by atoms with Crippen LogP contribution >= 0.6 is 0 Å². The van der Waals surface area contributed by atoms with Crippen LogP contribution in [0.25, 0.3) is 0 Å². The molecule has 0 N–H and O–H groups in total. The average molecular weight is 245 g/mol. The molecule has 98 valence electrons. The van der Waals surface area contributed by atoms with Crippen LogP contribution in [0, 0.1) is 18.8 Å². The quantitative estimate of drug-likeness (QED) is 0.760. The third kappa shape index (κ3) is 2.66. The second kappa shape index (κ2) is 5.27. The van der Waals surface area contributed by atoms with Crippen molar-refractivity contribution in [1.29, 1.82) is 0 Å². The Bertz CT molecular complexity index is 405. The SMILES string of the molecule is Cc1cnn(CCCN2C[C@H]3CC=CC[C@H]3C2)c1. The summed E-state index contributed by atoms with van der Waals surface area (Å²) in [5.41, 5.74) is 1.26. The Morgan fingerprint density at radius 2 is 1.89 bits per heavy atom. The molecule has 2 atom stereocenters. The molecular formula is C15H23N3. The van der Waals surface area contributed by atoms with E-state index in [0.29, 0.717) is 0 Å². The summed E-state index contributed by atoms with van der Waals surface area (Å²) in [7, 11) is 0. The van der Waals surface area contributed by atoms with Crippen LogP contribution in [-0.4, -0.2) is 34.3 Å². The highest BCUT2D eigenvalue weighted by Gasteiger charge is 2.31. The maximum Gasteiger partial charge on any atom is 0.0518 e. The zero-order valence-electron chi connectivity index (χ0n) is 11.3. The molecular weight excluding hydrogens is 222 g/mol. The van der Waals surface area contributed by atoms with Gasteiger partial charge in [0.2, 0.25) is 0 Å². The molecule has 1 fully saturated rings. The van der Waals surface area contributed by atoms with Crippen LogP contribution in [0.5, 0.6) is 0 Å². The molecule has 3 nitrogen and oxygen atoms in total. The molecule has 1 aliphatic carbocycles. The Balaban J connectivity index is 1.42. The van der Waals surface area contributed by atoms with E-state index in [0.717, 1.165) is 18.4 Å². The molecule has 0 amide bonds. The smallest absolute Gasteiger partial charge is 0.0518 e. The van der Waals surface area contributed by atoms with E-state index >= 15 is 0 Å². The van der Waals surface area contributed by atoms with E-state index in [4.69, 9.17) is 0 Å².